The summed E-state index contributed by atoms with van der Waals surface area (Å²) in [5, 5.41) is 2.93. The fraction of sp³-hybridized carbons (Fsp3) is 0. The number of anilines is 1. The molecule has 1 aromatic carbocycles. The number of benzene rings is 1. The molecule has 1 aliphatic heterocycles. The molecule has 0 unspecified atom stereocenters. The van der Waals surface area contributed by atoms with Gasteiger partial charge in [-0.2, -0.15) is 0 Å². The number of carbonyl (C=O) groups is 1. The summed E-state index contributed by atoms with van der Waals surface area (Å²) in [6, 6.07) is 7.20. The number of hydrogen-bond donors (Lipinski definition) is 1. The lowest BCUT2D eigenvalue weighted by molar-refractivity contribution is 0.0666. The highest BCUT2D eigenvalue weighted by Gasteiger charge is 2.12. The number of hydrogen-bond acceptors (Lipinski definition) is 3. The maximum atomic E-state index is 11.2. The molecule has 2 rings (SSSR count). The van der Waals surface area contributed by atoms with Gasteiger partial charge in [-0.05, 0) is 12.1 Å². The molecule has 1 aromatic rings. The molecular formula is C9H8ClNO2. The molecule has 68 valence electrons. The molecule has 0 spiro atoms. The lowest BCUT2D eigenvalue weighted by atomic mass is 10.2. The van der Waals surface area contributed by atoms with Gasteiger partial charge in [0, 0.05) is 6.20 Å². The Bertz CT molecular complexity index is 349. The summed E-state index contributed by atoms with van der Waals surface area (Å²) in [5.74, 6) is -0.327. The van der Waals surface area contributed by atoms with Gasteiger partial charge in [-0.15, -0.1) is 12.4 Å². The van der Waals surface area contributed by atoms with Crippen LogP contribution in [0.1, 0.15) is 10.4 Å². The molecular weight excluding hydrogens is 190 g/mol. The van der Waals surface area contributed by atoms with Crippen molar-refractivity contribution in [2.24, 2.45) is 0 Å². The summed E-state index contributed by atoms with van der Waals surface area (Å²) in [6.45, 7) is 0. The van der Waals surface area contributed by atoms with Crippen LogP contribution in [0, 0.1) is 0 Å². The molecule has 13 heavy (non-hydrogen) atoms. The first-order valence-corrected chi connectivity index (χ1v) is 3.59. The molecule has 0 atom stereocenters. The number of cyclic esters (lactones) is 1. The number of carbonyl (C=O) groups excluding carboxylic acids is 1. The van der Waals surface area contributed by atoms with E-state index in [2.05, 4.69) is 5.32 Å². The van der Waals surface area contributed by atoms with Crippen LogP contribution in [0.15, 0.2) is 36.7 Å². The Morgan fingerprint density at radius 3 is 2.85 bits per heavy atom. The van der Waals surface area contributed by atoms with Crippen molar-refractivity contribution in [2.75, 3.05) is 5.32 Å². The van der Waals surface area contributed by atoms with Gasteiger partial charge < -0.3 is 10.1 Å². The zero-order valence-corrected chi connectivity index (χ0v) is 7.51. The summed E-state index contributed by atoms with van der Waals surface area (Å²) in [7, 11) is 0. The van der Waals surface area contributed by atoms with Crippen LogP contribution >= 0.6 is 12.4 Å². The van der Waals surface area contributed by atoms with E-state index in [0.717, 1.165) is 5.69 Å². The first-order valence-electron chi connectivity index (χ1n) is 3.59. The van der Waals surface area contributed by atoms with Gasteiger partial charge in [0.1, 0.15) is 6.26 Å². The minimum Gasteiger partial charge on any atom is -0.429 e. The molecule has 3 nitrogen and oxygen atoms in total. The Hall–Kier alpha value is -1.48. The summed E-state index contributed by atoms with van der Waals surface area (Å²) in [5.41, 5.74) is 1.33. The van der Waals surface area contributed by atoms with Gasteiger partial charge in [-0.3, -0.25) is 0 Å². The van der Waals surface area contributed by atoms with Crippen molar-refractivity contribution in [2.45, 2.75) is 0 Å². The number of esters is 1. The Morgan fingerprint density at radius 2 is 2.00 bits per heavy atom. The van der Waals surface area contributed by atoms with Crippen LogP contribution in [0.25, 0.3) is 0 Å². The minimum atomic E-state index is -0.327. The van der Waals surface area contributed by atoms with Crippen LogP contribution in [0.2, 0.25) is 0 Å². The molecule has 0 aromatic heterocycles. The predicted molar refractivity (Wildman–Crippen MR) is 51.9 cm³/mol. The van der Waals surface area contributed by atoms with E-state index in [1.165, 1.54) is 6.26 Å². The molecule has 1 aliphatic rings. The third-order valence-corrected chi connectivity index (χ3v) is 1.63. The van der Waals surface area contributed by atoms with Gasteiger partial charge >= 0.3 is 5.97 Å². The topological polar surface area (TPSA) is 38.3 Å². The van der Waals surface area contributed by atoms with Crippen molar-refractivity contribution in [1.82, 2.24) is 0 Å². The van der Waals surface area contributed by atoms with Crippen LogP contribution < -0.4 is 5.32 Å². The molecule has 1 heterocycles. The van der Waals surface area contributed by atoms with E-state index in [1.807, 2.05) is 12.1 Å². The van der Waals surface area contributed by atoms with Crippen LogP contribution in [0.4, 0.5) is 5.69 Å². The minimum absolute atomic E-state index is 0. The number of halogens is 1. The average Bonchev–Trinajstić information content (AvgIpc) is 2.29. The Morgan fingerprint density at radius 1 is 1.23 bits per heavy atom. The zero-order valence-electron chi connectivity index (χ0n) is 6.69. The highest BCUT2D eigenvalue weighted by Crippen LogP contribution is 2.17. The molecule has 0 aliphatic carbocycles. The Balaban J connectivity index is 0.000000845. The van der Waals surface area contributed by atoms with Crippen LogP contribution in [0.3, 0.4) is 0 Å². The van der Waals surface area contributed by atoms with Crippen molar-refractivity contribution in [3.05, 3.63) is 42.3 Å². The molecule has 0 bridgehead atoms. The number of nitrogens with one attached hydrogen (secondary N) is 1. The maximum Gasteiger partial charge on any atom is 0.345 e. The SMILES string of the molecule is Cl.O=C1OC=CNc2ccccc21. The zero-order chi connectivity index (χ0) is 8.39. The number of rotatable bonds is 0. The molecule has 1 N–H and O–H groups in total. The molecule has 0 radical (unpaired) electrons. The van der Waals surface area contributed by atoms with Crippen LogP contribution in [-0.2, 0) is 4.74 Å². The average molecular weight is 198 g/mol. The lowest BCUT2D eigenvalue weighted by Gasteiger charge is -2.01. The molecule has 0 saturated carbocycles. The van der Waals surface area contributed by atoms with E-state index in [9.17, 15) is 4.79 Å². The quantitative estimate of drug-likeness (QED) is 0.648. The fourth-order valence-corrected chi connectivity index (χ4v) is 1.07. The highest BCUT2D eigenvalue weighted by molar-refractivity contribution is 5.96. The van der Waals surface area contributed by atoms with Gasteiger partial charge in [0.25, 0.3) is 0 Å². The van der Waals surface area contributed by atoms with Gasteiger partial charge in [-0.1, -0.05) is 12.1 Å². The highest BCUT2D eigenvalue weighted by atomic mass is 35.5. The van der Waals surface area contributed by atoms with Crippen molar-refractivity contribution >= 4 is 24.1 Å². The molecule has 4 heteroatoms. The summed E-state index contributed by atoms with van der Waals surface area (Å²) in [6.07, 6.45) is 2.92. The molecule has 0 amide bonds. The number of ether oxygens (including phenoxy) is 1. The summed E-state index contributed by atoms with van der Waals surface area (Å²) < 4.78 is 4.75. The second-order valence-electron chi connectivity index (χ2n) is 2.40. The summed E-state index contributed by atoms with van der Waals surface area (Å²) in [4.78, 5) is 11.2. The van der Waals surface area contributed by atoms with Gasteiger partial charge in [0.05, 0.1) is 11.3 Å². The third-order valence-electron chi connectivity index (χ3n) is 1.63. The largest absolute Gasteiger partial charge is 0.429 e. The first-order chi connectivity index (χ1) is 5.88. The van der Waals surface area contributed by atoms with Crippen molar-refractivity contribution in [3.63, 3.8) is 0 Å². The summed E-state index contributed by atoms with van der Waals surface area (Å²) >= 11 is 0. The van der Waals surface area contributed by atoms with E-state index in [1.54, 1.807) is 18.3 Å². The van der Waals surface area contributed by atoms with Crippen molar-refractivity contribution < 1.29 is 9.53 Å². The third kappa shape index (κ3) is 1.81. The number of para-hydroxylation sites is 1. The van der Waals surface area contributed by atoms with Crippen molar-refractivity contribution in [3.8, 4) is 0 Å². The first kappa shape index (κ1) is 9.61. The second-order valence-corrected chi connectivity index (χ2v) is 2.40. The van der Waals surface area contributed by atoms with Crippen LogP contribution in [-0.4, -0.2) is 5.97 Å². The smallest absolute Gasteiger partial charge is 0.345 e. The standard InChI is InChI=1S/C9H7NO2.ClH/c11-9-7-3-1-2-4-8(7)10-5-6-12-9;/h1-6,10H;1H. The van der Waals surface area contributed by atoms with E-state index < -0.39 is 0 Å². The van der Waals surface area contributed by atoms with Gasteiger partial charge in [0.15, 0.2) is 0 Å². The van der Waals surface area contributed by atoms with Crippen molar-refractivity contribution in [1.29, 1.82) is 0 Å². The predicted octanol–water partition coefficient (Wildman–Crippen LogP) is 2.16. The fourth-order valence-electron chi connectivity index (χ4n) is 1.07. The number of fused-ring (bicyclic) bond motifs is 1. The van der Waals surface area contributed by atoms with E-state index in [-0.39, 0.29) is 18.4 Å². The second kappa shape index (κ2) is 3.96. The Kier molecular flexibility index (Phi) is 2.93. The lowest BCUT2D eigenvalue weighted by Crippen LogP contribution is -2.00. The normalized spacial score (nSPS) is 13.1. The Labute approximate surface area is 81.8 Å². The monoisotopic (exact) mass is 197 g/mol. The maximum absolute atomic E-state index is 11.2. The molecule has 0 fully saturated rings. The van der Waals surface area contributed by atoms with E-state index in [4.69, 9.17) is 4.74 Å². The van der Waals surface area contributed by atoms with Crippen LogP contribution in [0.5, 0.6) is 0 Å². The van der Waals surface area contributed by atoms with Gasteiger partial charge in [-0.25, -0.2) is 4.79 Å². The van der Waals surface area contributed by atoms with E-state index in [0.29, 0.717) is 5.56 Å². The molecule has 0 saturated heterocycles. The van der Waals surface area contributed by atoms with E-state index >= 15 is 0 Å². The van der Waals surface area contributed by atoms with Gasteiger partial charge in [0.2, 0.25) is 0 Å².